The molecule has 0 aliphatic heterocycles. The largest absolute Gasteiger partial charge is 0.345 e. The van der Waals surface area contributed by atoms with Crippen LogP contribution in [0, 0.1) is 11.6 Å². The first kappa shape index (κ1) is 19.5. The van der Waals surface area contributed by atoms with Gasteiger partial charge in [-0.2, -0.15) is 0 Å². The van der Waals surface area contributed by atoms with Crippen LogP contribution in [0.2, 0.25) is 0 Å². The van der Waals surface area contributed by atoms with Gasteiger partial charge >= 0.3 is 0 Å². The zero-order valence-electron chi connectivity index (χ0n) is 14.8. The van der Waals surface area contributed by atoms with E-state index in [2.05, 4.69) is 4.98 Å². The van der Waals surface area contributed by atoms with Gasteiger partial charge in [-0.25, -0.2) is 8.78 Å². The molecule has 0 bridgehead atoms. The molecule has 0 atom stereocenters. The van der Waals surface area contributed by atoms with Crippen LogP contribution in [0.4, 0.5) is 14.5 Å². The quantitative estimate of drug-likeness (QED) is 0.762. The average Bonchev–Trinajstić information content (AvgIpc) is 2.63. The lowest BCUT2D eigenvalue weighted by Crippen LogP contribution is -2.35. The van der Waals surface area contributed by atoms with Gasteiger partial charge in [-0.15, -0.1) is 0 Å². The monoisotopic (exact) mass is 361 g/mol. The maximum absolute atomic E-state index is 13.4. The van der Waals surface area contributed by atoms with E-state index in [4.69, 9.17) is 0 Å². The van der Waals surface area contributed by atoms with Crippen molar-refractivity contribution in [1.82, 2.24) is 9.88 Å². The molecule has 0 unspecified atom stereocenters. The molecule has 2 aromatic rings. The predicted octanol–water partition coefficient (Wildman–Crippen LogP) is 2.80. The Labute approximate surface area is 151 Å². The van der Waals surface area contributed by atoms with Crippen LogP contribution in [-0.2, 0) is 16.0 Å². The van der Waals surface area contributed by atoms with Gasteiger partial charge in [0.25, 0.3) is 0 Å². The van der Waals surface area contributed by atoms with Crippen LogP contribution >= 0.6 is 0 Å². The van der Waals surface area contributed by atoms with Crippen LogP contribution in [0.3, 0.4) is 0 Å². The minimum absolute atomic E-state index is 0.0887. The molecule has 0 spiro atoms. The van der Waals surface area contributed by atoms with E-state index in [1.807, 2.05) is 12.1 Å². The molecule has 0 N–H and O–H groups in total. The number of anilines is 1. The summed E-state index contributed by atoms with van der Waals surface area (Å²) >= 11 is 0. The number of likely N-dealkylation sites (N-methyl/N-ethyl adjacent to an activating group) is 1. The summed E-state index contributed by atoms with van der Waals surface area (Å²) in [5.74, 6) is -2.49. The van der Waals surface area contributed by atoms with Crippen molar-refractivity contribution >= 4 is 17.5 Å². The SMILES string of the molecule is CC(=O)N(CCC(=O)N(C)CCc1ccncc1)c1ccc(F)c(F)c1. The second kappa shape index (κ2) is 9.03. The fourth-order valence-corrected chi connectivity index (χ4v) is 2.49. The number of hydrogen-bond donors (Lipinski definition) is 0. The topological polar surface area (TPSA) is 53.5 Å². The van der Waals surface area contributed by atoms with Crippen molar-refractivity contribution in [1.29, 1.82) is 0 Å². The lowest BCUT2D eigenvalue weighted by molar-refractivity contribution is -0.129. The smallest absolute Gasteiger partial charge is 0.224 e. The van der Waals surface area contributed by atoms with E-state index >= 15 is 0 Å². The number of halogens is 2. The number of nitrogens with zero attached hydrogens (tertiary/aromatic N) is 3. The highest BCUT2D eigenvalue weighted by Crippen LogP contribution is 2.18. The van der Waals surface area contributed by atoms with Crippen LogP contribution in [0.15, 0.2) is 42.7 Å². The zero-order chi connectivity index (χ0) is 19.1. The van der Waals surface area contributed by atoms with E-state index in [1.165, 1.54) is 17.9 Å². The first-order valence-corrected chi connectivity index (χ1v) is 8.24. The van der Waals surface area contributed by atoms with Gasteiger partial charge in [0.2, 0.25) is 11.8 Å². The summed E-state index contributed by atoms with van der Waals surface area (Å²) in [6, 6.07) is 7.01. The van der Waals surface area contributed by atoms with Gasteiger partial charge in [0, 0.05) is 57.6 Å². The van der Waals surface area contributed by atoms with Crippen molar-refractivity contribution in [2.75, 3.05) is 25.0 Å². The van der Waals surface area contributed by atoms with Crippen molar-refractivity contribution in [2.24, 2.45) is 0 Å². The maximum atomic E-state index is 13.4. The Morgan fingerprint density at radius 1 is 1.04 bits per heavy atom. The number of pyridine rings is 1. The van der Waals surface area contributed by atoms with E-state index in [9.17, 15) is 18.4 Å². The normalized spacial score (nSPS) is 10.5. The molecule has 0 fully saturated rings. The molecule has 138 valence electrons. The number of rotatable bonds is 7. The van der Waals surface area contributed by atoms with E-state index < -0.39 is 11.6 Å². The molecule has 2 amide bonds. The van der Waals surface area contributed by atoms with E-state index in [0.29, 0.717) is 13.0 Å². The van der Waals surface area contributed by atoms with Crippen LogP contribution in [0.1, 0.15) is 18.9 Å². The summed E-state index contributed by atoms with van der Waals surface area (Å²) in [5, 5.41) is 0. The molecule has 7 heteroatoms. The van der Waals surface area contributed by atoms with Gasteiger partial charge < -0.3 is 9.80 Å². The summed E-state index contributed by atoms with van der Waals surface area (Å²) in [7, 11) is 1.69. The fraction of sp³-hybridized carbons (Fsp3) is 0.316. The van der Waals surface area contributed by atoms with E-state index in [1.54, 1.807) is 24.3 Å². The van der Waals surface area contributed by atoms with Crippen molar-refractivity contribution < 1.29 is 18.4 Å². The molecular weight excluding hydrogens is 340 g/mol. The summed E-state index contributed by atoms with van der Waals surface area (Å²) in [4.78, 5) is 30.9. The Hall–Kier alpha value is -2.83. The second-order valence-corrected chi connectivity index (χ2v) is 5.94. The Balaban J connectivity index is 1.92. The van der Waals surface area contributed by atoms with Gasteiger partial charge in [-0.1, -0.05) is 0 Å². The average molecular weight is 361 g/mol. The molecule has 2 rings (SSSR count). The number of amides is 2. The highest BCUT2D eigenvalue weighted by atomic mass is 19.2. The van der Waals surface area contributed by atoms with Crippen LogP contribution < -0.4 is 4.90 Å². The van der Waals surface area contributed by atoms with Gasteiger partial charge in [-0.05, 0) is 36.2 Å². The molecule has 26 heavy (non-hydrogen) atoms. The number of carbonyl (C=O) groups is 2. The molecule has 0 saturated carbocycles. The summed E-state index contributed by atoms with van der Waals surface area (Å²) in [6.45, 7) is 1.95. The third-order valence-electron chi connectivity index (χ3n) is 4.06. The Bertz CT molecular complexity index is 769. The number of carbonyl (C=O) groups excluding carboxylic acids is 2. The summed E-state index contributed by atoms with van der Waals surface area (Å²) in [6.07, 6.45) is 4.18. The molecule has 1 aromatic carbocycles. The summed E-state index contributed by atoms with van der Waals surface area (Å²) < 4.78 is 26.5. The van der Waals surface area contributed by atoms with Crippen molar-refractivity contribution in [3.05, 3.63) is 59.9 Å². The Morgan fingerprint density at radius 2 is 1.73 bits per heavy atom. The third kappa shape index (κ3) is 5.34. The molecule has 0 saturated heterocycles. The van der Waals surface area contributed by atoms with Gasteiger partial charge in [-0.3, -0.25) is 14.6 Å². The van der Waals surface area contributed by atoms with E-state index in [0.717, 1.165) is 17.7 Å². The molecule has 1 aromatic heterocycles. The van der Waals surface area contributed by atoms with Crippen LogP contribution in [-0.4, -0.2) is 41.8 Å². The molecule has 1 heterocycles. The molecule has 0 aliphatic rings. The fourth-order valence-electron chi connectivity index (χ4n) is 2.49. The highest BCUT2D eigenvalue weighted by molar-refractivity contribution is 5.92. The lowest BCUT2D eigenvalue weighted by Gasteiger charge is -2.23. The lowest BCUT2D eigenvalue weighted by atomic mass is 10.2. The van der Waals surface area contributed by atoms with Gasteiger partial charge in [0.05, 0.1) is 0 Å². The molecular formula is C19H21F2N3O2. The zero-order valence-corrected chi connectivity index (χ0v) is 14.8. The minimum atomic E-state index is -1.03. The standard InChI is InChI=1S/C19H21F2N3O2/c1-14(25)24(16-3-4-17(20)18(21)13-16)12-8-19(26)23(2)11-7-15-5-9-22-10-6-15/h3-6,9-10,13H,7-8,11-12H2,1-2H3. The second-order valence-electron chi connectivity index (χ2n) is 5.94. The van der Waals surface area contributed by atoms with E-state index in [-0.39, 0.29) is 30.5 Å². The Kier molecular flexibility index (Phi) is 6.77. The van der Waals surface area contributed by atoms with Crippen molar-refractivity contribution in [2.45, 2.75) is 19.8 Å². The first-order valence-electron chi connectivity index (χ1n) is 8.24. The highest BCUT2D eigenvalue weighted by Gasteiger charge is 2.17. The first-order chi connectivity index (χ1) is 12.4. The van der Waals surface area contributed by atoms with Crippen molar-refractivity contribution in [3.63, 3.8) is 0 Å². The number of benzene rings is 1. The summed E-state index contributed by atoms with van der Waals surface area (Å²) in [5.41, 5.74) is 1.30. The van der Waals surface area contributed by atoms with Gasteiger partial charge in [0.15, 0.2) is 11.6 Å². The molecule has 0 aliphatic carbocycles. The number of hydrogen-bond acceptors (Lipinski definition) is 3. The Morgan fingerprint density at radius 3 is 2.35 bits per heavy atom. The number of aromatic nitrogens is 1. The maximum Gasteiger partial charge on any atom is 0.224 e. The molecule has 0 radical (unpaired) electrons. The third-order valence-corrected chi connectivity index (χ3v) is 4.06. The minimum Gasteiger partial charge on any atom is -0.345 e. The van der Waals surface area contributed by atoms with Crippen molar-refractivity contribution in [3.8, 4) is 0 Å². The van der Waals surface area contributed by atoms with Crippen LogP contribution in [0.5, 0.6) is 0 Å². The van der Waals surface area contributed by atoms with Crippen LogP contribution in [0.25, 0.3) is 0 Å². The molecule has 5 nitrogen and oxygen atoms in total. The predicted molar refractivity (Wildman–Crippen MR) is 94.6 cm³/mol. The van der Waals surface area contributed by atoms with Gasteiger partial charge in [0.1, 0.15) is 0 Å².